The number of amides is 1. The number of hydrogen-bond acceptors (Lipinski definition) is 6. The SMILES string of the molecule is Cc1nn(-c2nncc(=O)[nH]2)c(C)c1CC(=O)NCCN. The maximum atomic E-state index is 11.8. The zero-order valence-electron chi connectivity index (χ0n) is 11.9. The molecule has 21 heavy (non-hydrogen) atoms. The zero-order valence-corrected chi connectivity index (χ0v) is 11.9. The number of carbonyl (C=O) groups is 1. The second-order valence-electron chi connectivity index (χ2n) is 4.53. The Bertz CT molecular complexity index is 704. The molecule has 2 rings (SSSR count). The Morgan fingerprint density at radius 2 is 2.24 bits per heavy atom. The van der Waals surface area contributed by atoms with E-state index < -0.39 is 0 Å². The number of aryl methyl sites for hydroxylation is 1. The molecular weight excluding hydrogens is 274 g/mol. The van der Waals surface area contributed by atoms with Crippen LogP contribution >= 0.6 is 0 Å². The van der Waals surface area contributed by atoms with Gasteiger partial charge in [0.15, 0.2) is 0 Å². The van der Waals surface area contributed by atoms with Gasteiger partial charge in [0.2, 0.25) is 5.91 Å². The number of nitrogens with zero attached hydrogens (tertiary/aromatic N) is 4. The molecule has 9 heteroatoms. The lowest BCUT2D eigenvalue weighted by molar-refractivity contribution is -0.120. The Kier molecular flexibility index (Phi) is 4.43. The van der Waals surface area contributed by atoms with Crippen LogP contribution < -0.4 is 16.6 Å². The van der Waals surface area contributed by atoms with Crippen molar-refractivity contribution in [2.45, 2.75) is 20.3 Å². The number of carbonyl (C=O) groups excluding carboxylic acids is 1. The van der Waals surface area contributed by atoms with E-state index in [9.17, 15) is 9.59 Å². The first-order chi connectivity index (χ1) is 10.0. The summed E-state index contributed by atoms with van der Waals surface area (Å²) in [5, 5.41) is 14.4. The maximum Gasteiger partial charge on any atom is 0.271 e. The predicted octanol–water partition coefficient (Wildman–Crippen LogP) is -1.42. The summed E-state index contributed by atoms with van der Waals surface area (Å²) in [6, 6.07) is 0. The fraction of sp³-hybridized carbons (Fsp3) is 0.417. The largest absolute Gasteiger partial charge is 0.355 e. The van der Waals surface area contributed by atoms with Gasteiger partial charge in [0, 0.05) is 24.3 Å². The Morgan fingerprint density at radius 3 is 2.90 bits per heavy atom. The van der Waals surface area contributed by atoms with Gasteiger partial charge >= 0.3 is 0 Å². The number of H-pyrrole nitrogens is 1. The van der Waals surface area contributed by atoms with Crippen LogP contribution in [0.5, 0.6) is 0 Å². The van der Waals surface area contributed by atoms with Crippen molar-refractivity contribution in [3.63, 3.8) is 0 Å². The monoisotopic (exact) mass is 291 g/mol. The Balaban J connectivity index is 2.29. The van der Waals surface area contributed by atoms with Crippen LogP contribution in [0.25, 0.3) is 5.95 Å². The Morgan fingerprint density at radius 1 is 1.48 bits per heavy atom. The van der Waals surface area contributed by atoms with Gasteiger partial charge in [-0.15, -0.1) is 10.2 Å². The molecule has 0 aliphatic carbocycles. The van der Waals surface area contributed by atoms with E-state index in [1.165, 1.54) is 4.68 Å². The van der Waals surface area contributed by atoms with Crippen molar-refractivity contribution in [1.82, 2.24) is 30.3 Å². The van der Waals surface area contributed by atoms with E-state index in [0.29, 0.717) is 18.8 Å². The molecule has 0 unspecified atom stereocenters. The van der Waals surface area contributed by atoms with E-state index in [-0.39, 0.29) is 23.8 Å². The first kappa shape index (κ1) is 14.9. The molecule has 0 aromatic carbocycles. The van der Waals surface area contributed by atoms with E-state index in [2.05, 4.69) is 25.6 Å². The fourth-order valence-corrected chi connectivity index (χ4v) is 1.97. The van der Waals surface area contributed by atoms with Crippen LogP contribution in [0.3, 0.4) is 0 Å². The van der Waals surface area contributed by atoms with Crippen LogP contribution in [-0.2, 0) is 11.2 Å². The first-order valence-electron chi connectivity index (χ1n) is 6.47. The van der Waals surface area contributed by atoms with E-state index in [1.54, 1.807) is 13.8 Å². The highest BCUT2D eigenvalue weighted by atomic mass is 16.1. The number of aromatic amines is 1. The Labute approximate surface area is 120 Å². The highest BCUT2D eigenvalue weighted by Crippen LogP contribution is 2.15. The summed E-state index contributed by atoms with van der Waals surface area (Å²) in [6.45, 7) is 4.43. The molecule has 2 heterocycles. The minimum absolute atomic E-state index is 0.126. The molecule has 4 N–H and O–H groups in total. The van der Waals surface area contributed by atoms with Crippen molar-refractivity contribution in [2.24, 2.45) is 5.73 Å². The lowest BCUT2D eigenvalue weighted by Crippen LogP contribution is -2.30. The van der Waals surface area contributed by atoms with Gasteiger partial charge in [-0.05, 0) is 13.8 Å². The summed E-state index contributed by atoms with van der Waals surface area (Å²) < 4.78 is 1.47. The molecule has 0 aliphatic rings. The second-order valence-corrected chi connectivity index (χ2v) is 4.53. The highest BCUT2D eigenvalue weighted by Gasteiger charge is 2.16. The van der Waals surface area contributed by atoms with E-state index in [4.69, 9.17) is 5.73 Å². The number of aromatic nitrogens is 5. The molecule has 0 spiro atoms. The normalized spacial score (nSPS) is 10.6. The van der Waals surface area contributed by atoms with Crippen LogP contribution in [-0.4, -0.2) is 44.0 Å². The van der Waals surface area contributed by atoms with Crippen molar-refractivity contribution in [3.8, 4) is 5.95 Å². The minimum atomic E-state index is -0.366. The van der Waals surface area contributed by atoms with Crippen LogP contribution in [0.1, 0.15) is 17.0 Å². The molecule has 9 nitrogen and oxygen atoms in total. The first-order valence-corrected chi connectivity index (χ1v) is 6.47. The van der Waals surface area contributed by atoms with Crippen molar-refractivity contribution in [1.29, 1.82) is 0 Å². The number of hydrogen-bond donors (Lipinski definition) is 3. The summed E-state index contributed by atoms with van der Waals surface area (Å²) >= 11 is 0. The third-order valence-electron chi connectivity index (χ3n) is 3.01. The summed E-state index contributed by atoms with van der Waals surface area (Å²) in [7, 11) is 0. The van der Waals surface area contributed by atoms with E-state index >= 15 is 0 Å². The van der Waals surface area contributed by atoms with Gasteiger partial charge in [-0.2, -0.15) is 5.10 Å². The number of nitrogens with two attached hydrogens (primary N) is 1. The van der Waals surface area contributed by atoms with Crippen molar-refractivity contribution in [2.75, 3.05) is 13.1 Å². The van der Waals surface area contributed by atoms with Crippen molar-refractivity contribution < 1.29 is 4.79 Å². The lowest BCUT2D eigenvalue weighted by atomic mass is 10.1. The molecule has 2 aromatic rings. The van der Waals surface area contributed by atoms with Gasteiger partial charge in [0.05, 0.1) is 12.1 Å². The summed E-state index contributed by atoms with van der Waals surface area (Å²) in [6.07, 6.45) is 1.28. The molecule has 0 atom stereocenters. The summed E-state index contributed by atoms with van der Waals surface area (Å²) in [4.78, 5) is 25.6. The average molecular weight is 291 g/mol. The fourth-order valence-electron chi connectivity index (χ4n) is 1.97. The molecule has 0 saturated carbocycles. The topological polar surface area (TPSA) is 132 Å². The van der Waals surface area contributed by atoms with Crippen molar-refractivity contribution >= 4 is 5.91 Å². The number of nitrogens with one attached hydrogen (secondary N) is 2. The summed E-state index contributed by atoms with van der Waals surface area (Å²) in [5.41, 5.74) is 7.19. The van der Waals surface area contributed by atoms with Gasteiger partial charge in [0.25, 0.3) is 11.5 Å². The average Bonchev–Trinajstić information content (AvgIpc) is 2.73. The molecule has 0 bridgehead atoms. The minimum Gasteiger partial charge on any atom is -0.355 e. The standard InChI is InChI=1S/C12H17N7O2/c1-7-9(5-10(20)14-4-3-13)8(2)19(18-7)12-16-11(21)6-15-17-12/h6H,3-5,13H2,1-2H3,(H,14,20)(H,16,17,21). The lowest BCUT2D eigenvalue weighted by Gasteiger charge is -2.05. The second kappa shape index (κ2) is 6.27. The maximum absolute atomic E-state index is 11.8. The van der Waals surface area contributed by atoms with Crippen LogP contribution in [0, 0.1) is 13.8 Å². The van der Waals surface area contributed by atoms with Crippen LogP contribution in [0.2, 0.25) is 0 Å². The molecule has 2 aromatic heterocycles. The van der Waals surface area contributed by atoms with Crippen LogP contribution in [0.4, 0.5) is 0 Å². The summed E-state index contributed by atoms with van der Waals surface area (Å²) in [5.74, 6) is 0.0931. The molecule has 0 aliphatic heterocycles. The molecule has 0 fully saturated rings. The van der Waals surface area contributed by atoms with Gasteiger partial charge in [-0.1, -0.05) is 0 Å². The predicted molar refractivity (Wildman–Crippen MR) is 75.0 cm³/mol. The molecule has 0 radical (unpaired) electrons. The van der Waals surface area contributed by atoms with E-state index in [0.717, 1.165) is 17.5 Å². The van der Waals surface area contributed by atoms with Gasteiger partial charge in [0.1, 0.15) is 6.20 Å². The van der Waals surface area contributed by atoms with Gasteiger partial charge in [-0.3, -0.25) is 14.6 Å². The molecular formula is C12H17N7O2. The number of rotatable bonds is 5. The van der Waals surface area contributed by atoms with Gasteiger partial charge < -0.3 is 11.1 Å². The van der Waals surface area contributed by atoms with Gasteiger partial charge in [-0.25, -0.2) is 4.68 Å². The molecule has 1 amide bonds. The Hall–Kier alpha value is -2.55. The van der Waals surface area contributed by atoms with Crippen molar-refractivity contribution in [3.05, 3.63) is 33.5 Å². The molecule has 112 valence electrons. The third kappa shape index (κ3) is 3.31. The van der Waals surface area contributed by atoms with E-state index in [1.807, 2.05) is 0 Å². The third-order valence-corrected chi connectivity index (χ3v) is 3.01. The van der Waals surface area contributed by atoms with Crippen LogP contribution in [0.15, 0.2) is 11.0 Å². The molecule has 0 saturated heterocycles. The smallest absolute Gasteiger partial charge is 0.271 e. The quantitative estimate of drug-likeness (QED) is 0.620. The zero-order chi connectivity index (χ0) is 15.4. The highest BCUT2D eigenvalue weighted by molar-refractivity contribution is 5.79.